The minimum Gasteiger partial charge on any atom is -0.483 e. The molecule has 16 rings (SSSR count). The van der Waals surface area contributed by atoms with Crippen LogP contribution in [-0.4, -0.2) is 33.8 Å². The summed E-state index contributed by atoms with van der Waals surface area (Å²) in [4.78, 5) is 1.56. The number of thiol groups is 1. The third-order valence-electron chi connectivity index (χ3n) is 15.7. The molecular weight excluding hydrogens is 913 g/mol. The molecule has 1 aliphatic heterocycles. The zero-order chi connectivity index (χ0) is 47.9. The summed E-state index contributed by atoms with van der Waals surface area (Å²) in [6, 6.07) is 81.7. The van der Waals surface area contributed by atoms with Gasteiger partial charge in [0.1, 0.15) is 11.9 Å². The predicted octanol–water partition coefficient (Wildman–Crippen LogP) is 15.8. The van der Waals surface area contributed by atoms with Crippen LogP contribution in [0, 0.1) is 0 Å². The Hall–Kier alpha value is -9.17. The van der Waals surface area contributed by atoms with Crippen LogP contribution in [-0.2, 0) is 9.93 Å². The maximum Gasteiger partial charge on any atom is 0.136 e. The molecule has 0 radical (unpaired) electrons. The van der Waals surface area contributed by atoms with Crippen LogP contribution in [0.15, 0.2) is 259 Å². The first-order chi connectivity index (χ1) is 36.1. The van der Waals surface area contributed by atoms with Gasteiger partial charge in [0.05, 0.1) is 54.3 Å². The van der Waals surface area contributed by atoms with Crippen molar-refractivity contribution in [2.75, 3.05) is 0 Å². The minimum atomic E-state index is -3.37. The number of hydrogen-bond acceptors (Lipinski definition) is 2. The van der Waals surface area contributed by atoms with Crippen LogP contribution in [0.5, 0.6) is 5.75 Å². The largest absolute Gasteiger partial charge is 0.483 e. The summed E-state index contributed by atoms with van der Waals surface area (Å²) in [7, 11) is -3.37. The van der Waals surface area contributed by atoms with Gasteiger partial charge in [-0.2, -0.15) is 0 Å². The van der Waals surface area contributed by atoms with Crippen molar-refractivity contribution in [3.63, 3.8) is 0 Å². The molecule has 0 bridgehead atoms. The molecule has 6 nitrogen and oxygen atoms in total. The highest BCUT2D eigenvalue weighted by molar-refractivity contribution is 8.04. The van der Waals surface area contributed by atoms with E-state index in [2.05, 4.69) is 237 Å². The summed E-state index contributed by atoms with van der Waals surface area (Å²) in [5.41, 5.74) is 13.2. The van der Waals surface area contributed by atoms with Gasteiger partial charge in [-0.3, -0.25) is 4.21 Å². The van der Waals surface area contributed by atoms with Crippen molar-refractivity contribution in [2.45, 2.75) is 21.1 Å². The summed E-state index contributed by atoms with van der Waals surface area (Å²) in [5.74, 6) is 0.636. The highest BCUT2D eigenvalue weighted by Crippen LogP contribution is 2.50. The molecule has 7 heteroatoms. The Morgan fingerprint density at radius 1 is 0.384 bits per heavy atom. The van der Waals surface area contributed by atoms with E-state index in [1.807, 2.05) is 30.3 Å². The maximum atomic E-state index is 16.6. The van der Waals surface area contributed by atoms with Crippen molar-refractivity contribution < 1.29 is 8.95 Å². The van der Waals surface area contributed by atoms with Crippen LogP contribution in [0.3, 0.4) is 0 Å². The van der Waals surface area contributed by atoms with Crippen LogP contribution in [0.25, 0.3) is 110 Å². The molecule has 73 heavy (non-hydrogen) atoms. The van der Waals surface area contributed by atoms with E-state index < -0.39 is 21.3 Å². The molecule has 5 heterocycles. The molecule has 1 aliphatic carbocycles. The molecule has 0 saturated carbocycles. The van der Waals surface area contributed by atoms with Gasteiger partial charge in [-0.05, 0) is 107 Å². The highest BCUT2D eigenvalue weighted by atomic mass is 32.2. The van der Waals surface area contributed by atoms with Crippen molar-refractivity contribution in [2.24, 2.45) is 0 Å². The molecule has 0 amide bonds. The van der Waals surface area contributed by atoms with E-state index in [-0.39, 0.29) is 0 Å². The lowest BCUT2D eigenvalue weighted by atomic mass is 10.1. The van der Waals surface area contributed by atoms with Crippen LogP contribution in [0.4, 0.5) is 0 Å². The zero-order valence-electron chi connectivity index (χ0n) is 39.4. The number of para-hydroxylation sites is 6. The Morgan fingerprint density at radius 2 is 0.849 bits per heavy atom. The molecule has 346 valence electrons. The number of hydrogen-bond donors (Lipinski definition) is 1. The first kappa shape index (κ1) is 40.5. The van der Waals surface area contributed by atoms with Crippen LogP contribution >= 0.6 is 0 Å². The van der Waals surface area contributed by atoms with E-state index in [0.717, 1.165) is 76.7 Å². The van der Waals surface area contributed by atoms with E-state index >= 15 is 4.21 Å². The van der Waals surface area contributed by atoms with Gasteiger partial charge in [0.15, 0.2) is 0 Å². The fourth-order valence-electron chi connectivity index (χ4n) is 12.8. The predicted molar refractivity (Wildman–Crippen MR) is 303 cm³/mol. The lowest BCUT2D eigenvalue weighted by molar-refractivity contribution is 0.239. The molecule has 0 spiro atoms. The molecule has 4 aromatic heterocycles. The van der Waals surface area contributed by atoms with E-state index in [9.17, 15) is 0 Å². The SMILES string of the molecule is O=[SH]1(c2ccccc2)c2ccc(-n3c4ccccc4c4ccc5c(c6ccccc6n5-c5ccccc5)c43)cc2OC2C=C(n3c4ccccc4c4ccc5c(c6ccccc6n5-c5ccccc5)c43)C=CC21. The molecule has 0 fully saturated rings. The van der Waals surface area contributed by atoms with E-state index in [1.165, 1.54) is 43.1 Å². The van der Waals surface area contributed by atoms with Gasteiger partial charge < -0.3 is 23.0 Å². The summed E-state index contributed by atoms with van der Waals surface area (Å²) >= 11 is 0. The molecule has 2 unspecified atom stereocenters. The van der Waals surface area contributed by atoms with Crippen LogP contribution in [0.1, 0.15) is 0 Å². The number of ether oxygens (including phenoxy) is 1. The third kappa shape index (κ3) is 5.54. The van der Waals surface area contributed by atoms with Crippen molar-refractivity contribution >= 4 is 103 Å². The van der Waals surface area contributed by atoms with Crippen LogP contribution < -0.4 is 4.74 Å². The quantitative estimate of drug-likeness (QED) is 0.175. The third-order valence-corrected chi connectivity index (χ3v) is 19.2. The first-order valence-electron chi connectivity index (χ1n) is 25.0. The molecule has 2 aliphatic rings. The molecule has 0 N–H and O–H groups in total. The van der Waals surface area contributed by atoms with Gasteiger partial charge in [-0.25, -0.2) is 0 Å². The number of benzene rings is 10. The normalized spacial score (nSPS) is 16.7. The fourth-order valence-corrected chi connectivity index (χ4v) is 15.9. The van der Waals surface area contributed by atoms with Gasteiger partial charge in [-0.15, -0.1) is 0 Å². The van der Waals surface area contributed by atoms with Gasteiger partial charge >= 0.3 is 0 Å². The molecule has 2 atom stereocenters. The first-order valence-corrected chi connectivity index (χ1v) is 26.8. The van der Waals surface area contributed by atoms with E-state index in [1.54, 1.807) is 0 Å². The maximum absolute atomic E-state index is 16.6. The number of aromatic nitrogens is 4. The number of rotatable bonds is 5. The lowest BCUT2D eigenvalue weighted by Crippen LogP contribution is -2.45. The Kier molecular flexibility index (Phi) is 8.43. The fraction of sp³-hybridized carbons (Fsp3) is 0.0303. The average Bonchev–Trinajstić information content (AvgIpc) is 4.19. The Morgan fingerprint density at radius 3 is 1.41 bits per heavy atom. The monoisotopic (exact) mass is 956 g/mol. The second-order valence-corrected chi connectivity index (χ2v) is 22.4. The highest BCUT2D eigenvalue weighted by Gasteiger charge is 2.43. The zero-order valence-corrected chi connectivity index (χ0v) is 40.3. The molecule has 10 aromatic carbocycles. The molecule has 14 aromatic rings. The van der Waals surface area contributed by atoms with Gasteiger partial charge in [-0.1, -0.05) is 146 Å². The van der Waals surface area contributed by atoms with Crippen LogP contribution in [0.2, 0.25) is 0 Å². The molecular formula is C66H44N4O2S. The van der Waals surface area contributed by atoms with Crippen molar-refractivity contribution in [1.29, 1.82) is 0 Å². The standard InChI is InChI=1S/C66H44N4O2S/c71-73(46-22-8-3-9-23-46)61-38-32-44(69-53-28-14-10-24-47(53)49-34-36-57-63(65(49)69)51-26-12-16-30-55(51)67(57)42-18-4-1-5-19-42)40-59(61)72-60-41-45(33-39-62(60)73)70-54-29-15-11-25-48(54)50-35-37-58-64(66(50)70)52-27-13-17-31-56(52)68(58)43-20-6-2-7-21-43/h1-41,59,61,73H. The minimum absolute atomic E-state index is 0.429. The van der Waals surface area contributed by atoms with Crippen molar-refractivity contribution in [3.05, 3.63) is 249 Å². The summed E-state index contributed by atoms with van der Waals surface area (Å²) in [6.07, 6.45) is 6.06. The lowest BCUT2D eigenvalue weighted by Gasteiger charge is -2.42. The van der Waals surface area contributed by atoms with E-state index in [0.29, 0.717) is 5.75 Å². The molecule has 0 saturated heterocycles. The second-order valence-electron chi connectivity index (χ2n) is 19.5. The average molecular weight is 957 g/mol. The van der Waals surface area contributed by atoms with Crippen molar-refractivity contribution in [3.8, 4) is 22.8 Å². The Labute approximate surface area is 420 Å². The second kappa shape index (κ2) is 15.2. The van der Waals surface area contributed by atoms with Crippen molar-refractivity contribution in [1.82, 2.24) is 18.3 Å². The smallest absolute Gasteiger partial charge is 0.136 e. The topological polar surface area (TPSA) is 46.0 Å². The number of fused-ring (bicyclic) bond motifs is 16. The van der Waals surface area contributed by atoms with Gasteiger partial charge in [0.25, 0.3) is 0 Å². The summed E-state index contributed by atoms with van der Waals surface area (Å²) < 4.78 is 33.5. The number of nitrogens with zero attached hydrogens (tertiary/aromatic N) is 4. The number of allylic oxidation sites excluding steroid dienone is 2. The summed E-state index contributed by atoms with van der Waals surface area (Å²) in [5, 5.41) is 9.00. The summed E-state index contributed by atoms with van der Waals surface area (Å²) in [6.45, 7) is 0. The van der Waals surface area contributed by atoms with Gasteiger partial charge in [0.2, 0.25) is 0 Å². The Balaban J connectivity index is 0.931. The van der Waals surface area contributed by atoms with E-state index in [4.69, 9.17) is 4.74 Å². The Bertz CT molecular complexity index is 4750. The van der Waals surface area contributed by atoms with Gasteiger partial charge in [0, 0.05) is 76.8 Å².